The predicted octanol–water partition coefficient (Wildman–Crippen LogP) is 2.77. The van der Waals surface area contributed by atoms with Gasteiger partial charge >= 0.3 is 0 Å². The molecule has 0 radical (unpaired) electrons. The Morgan fingerprint density at radius 1 is 1.13 bits per heavy atom. The summed E-state index contributed by atoms with van der Waals surface area (Å²) in [6, 6.07) is 7.24. The molecule has 0 heterocycles. The van der Waals surface area contributed by atoms with Crippen LogP contribution in [0.15, 0.2) is 36.4 Å². The van der Waals surface area contributed by atoms with Crippen LogP contribution in [0.2, 0.25) is 0 Å². The number of non-ortho nitro benzene ring substituents is 1. The Morgan fingerprint density at radius 3 is 2.39 bits per heavy atom. The fraction of sp³-hybridized carbons (Fsp3) is 0.0714. The van der Waals surface area contributed by atoms with Crippen molar-refractivity contribution in [1.29, 1.82) is 0 Å². The normalized spacial score (nSPS) is 10.1. The van der Waals surface area contributed by atoms with Gasteiger partial charge in [0, 0.05) is 23.3 Å². The maximum Gasteiger partial charge on any atom is 0.273 e. The van der Waals surface area contributed by atoms with Gasteiger partial charge in [-0.25, -0.2) is 0 Å². The Hall–Kier alpha value is -3.49. The van der Waals surface area contributed by atoms with E-state index in [0.717, 1.165) is 12.1 Å². The van der Waals surface area contributed by atoms with Gasteiger partial charge in [0.05, 0.1) is 21.6 Å². The molecule has 2 N–H and O–H groups in total. The zero-order valence-electron chi connectivity index (χ0n) is 11.8. The van der Waals surface area contributed by atoms with E-state index in [4.69, 9.17) is 0 Å². The summed E-state index contributed by atoms with van der Waals surface area (Å²) >= 11 is 0. The number of hydrogen-bond donors (Lipinski definition) is 2. The summed E-state index contributed by atoms with van der Waals surface area (Å²) in [4.78, 5) is 32.4. The van der Waals surface area contributed by atoms with E-state index < -0.39 is 21.5 Å². The average molecular weight is 317 g/mol. The molecule has 23 heavy (non-hydrogen) atoms. The molecule has 0 aromatic heterocycles. The lowest BCUT2D eigenvalue weighted by atomic mass is 10.1. The highest BCUT2D eigenvalue weighted by molar-refractivity contribution is 6.06. The van der Waals surface area contributed by atoms with Crippen LogP contribution in [0.5, 0.6) is 5.75 Å². The highest BCUT2D eigenvalue weighted by Gasteiger charge is 2.19. The van der Waals surface area contributed by atoms with E-state index in [-0.39, 0.29) is 28.2 Å². The number of rotatable bonds is 4. The lowest BCUT2D eigenvalue weighted by Gasteiger charge is -2.09. The van der Waals surface area contributed by atoms with Crippen molar-refractivity contribution in [2.24, 2.45) is 0 Å². The molecule has 0 aliphatic heterocycles. The molecule has 1 amide bonds. The summed E-state index contributed by atoms with van der Waals surface area (Å²) in [6.45, 7) is 1.43. The molecule has 0 saturated carbocycles. The average Bonchev–Trinajstić information content (AvgIpc) is 2.48. The molecular formula is C14H11N3O6. The second-order valence-corrected chi connectivity index (χ2v) is 4.62. The zero-order valence-corrected chi connectivity index (χ0v) is 11.8. The molecule has 2 aromatic rings. The van der Waals surface area contributed by atoms with Crippen molar-refractivity contribution in [3.63, 3.8) is 0 Å². The molecule has 2 rings (SSSR count). The molecule has 0 aliphatic rings. The van der Waals surface area contributed by atoms with Crippen molar-refractivity contribution in [3.05, 3.63) is 67.8 Å². The Balaban J connectivity index is 2.31. The fourth-order valence-corrected chi connectivity index (χ4v) is 2.00. The Bertz CT molecular complexity index is 818. The van der Waals surface area contributed by atoms with Crippen molar-refractivity contribution in [2.45, 2.75) is 6.92 Å². The molecule has 118 valence electrons. The largest absolute Gasteiger partial charge is 0.506 e. The number of amides is 1. The minimum absolute atomic E-state index is 0.0356. The van der Waals surface area contributed by atoms with E-state index in [9.17, 15) is 30.1 Å². The lowest BCUT2D eigenvalue weighted by molar-refractivity contribution is -0.385. The van der Waals surface area contributed by atoms with Crippen LogP contribution in [0.3, 0.4) is 0 Å². The minimum atomic E-state index is -0.684. The number of nitrogens with one attached hydrogen (secondary N) is 1. The number of anilines is 1. The van der Waals surface area contributed by atoms with Crippen LogP contribution in [0.25, 0.3) is 0 Å². The summed E-state index contributed by atoms with van der Waals surface area (Å²) in [5.74, 6) is -1.15. The second kappa shape index (κ2) is 6.10. The van der Waals surface area contributed by atoms with Crippen LogP contribution in [-0.2, 0) is 0 Å². The van der Waals surface area contributed by atoms with Gasteiger partial charge in [-0.1, -0.05) is 6.07 Å². The van der Waals surface area contributed by atoms with Gasteiger partial charge in [0.25, 0.3) is 17.3 Å². The van der Waals surface area contributed by atoms with Crippen LogP contribution < -0.4 is 5.32 Å². The Kier molecular flexibility index (Phi) is 4.21. The maximum atomic E-state index is 12.2. The monoisotopic (exact) mass is 317 g/mol. The number of nitrogens with zero attached hydrogens (tertiary/aromatic N) is 2. The summed E-state index contributed by atoms with van der Waals surface area (Å²) in [6.07, 6.45) is 0. The summed E-state index contributed by atoms with van der Waals surface area (Å²) in [5, 5.41) is 33.6. The molecule has 2 aromatic carbocycles. The Morgan fingerprint density at radius 2 is 1.83 bits per heavy atom. The molecular weight excluding hydrogens is 306 g/mol. The smallest absolute Gasteiger partial charge is 0.273 e. The van der Waals surface area contributed by atoms with E-state index in [1.807, 2.05) is 0 Å². The van der Waals surface area contributed by atoms with Crippen molar-refractivity contribution in [3.8, 4) is 5.75 Å². The van der Waals surface area contributed by atoms with Gasteiger partial charge in [-0.3, -0.25) is 25.0 Å². The van der Waals surface area contributed by atoms with Gasteiger partial charge in [0.2, 0.25) is 0 Å². The van der Waals surface area contributed by atoms with Gasteiger partial charge in [-0.05, 0) is 19.1 Å². The summed E-state index contributed by atoms with van der Waals surface area (Å²) in [7, 11) is 0. The quantitative estimate of drug-likeness (QED) is 0.505. The fourth-order valence-electron chi connectivity index (χ4n) is 2.00. The van der Waals surface area contributed by atoms with E-state index in [2.05, 4.69) is 5.32 Å². The molecule has 0 spiro atoms. The molecule has 0 atom stereocenters. The first kappa shape index (κ1) is 15.9. The molecule has 0 fully saturated rings. The van der Waals surface area contributed by atoms with E-state index in [0.29, 0.717) is 0 Å². The number of nitro groups is 2. The first-order chi connectivity index (χ1) is 10.8. The van der Waals surface area contributed by atoms with Crippen LogP contribution in [0.4, 0.5) is 17.1 Å². The third-order valence-electron chi connectivity index (χ3n) is 3.19. The molecule has 0 unspecified atom stereocenters. The van der Waals surface area contributed by atoms with Gasteiger partial charge in [-0.2, -0.15) is 0 Å². The first-order valence-electron chi connectivity index (χ1n) is 6.34. The van der Waals surface area contributed by atoms with Gasteiger partial charge in [-0.15, -0.1) is 0 Å². The highest BCUT2D eigenvalue weighted by Crippen LogP contribution is 2.29. The number of benzene rings is 2. The summed E-state index contributed by atoms with van der Waals surface area (Å²) in [5.41, 5.74) is -0.322. The number of phenols is 1. The molecule has 0 aliphatic carbocycles. The molecule has 0 saturated heterocycles. The van der Waals surface area contributed by atoms with E-state index in [1.165, 1.54) is 31.2 Å². The van der Waals surface area contributed by atoms with Crippen molar-refractivity contribution in [1.82, 2.24) is 0 Å². The van der Waals surface area contributed by atoms with Crippen LogP contribution in [-0.4, -0.2) is 20.9 Å². The van der Waals surface area contributed by atoms with Crippen molar-refractivity contribution in [2.75, 3.05) is 5.32 Å². The second-order valence-electron chi connectivity index (χ2n) is 4.62. The first-order valence-corrected chi connectivity index (χ1v) is 6.34. The predicted molar refractivity (Wildman–Crippen MR) is 80.5 cm³/mol. The number of carbonyl (C=O) groups excluding carboxylic acids is 1. The van der Waals surface area contributed by atoms with Crippen molar-refractivity contribution >= 4 is 23.0 Å². The van der Waals surface area contributed by atoms with Gasteiger partial charge in [0.15, 0.2) is 0 Å². The van der Waals surface area contributed by atoms with Crippen LogP contribution in [0.1, 0.15) is 15.9 Å². The minimum Gasteiger partial charge on any atom is -0.506 e. The number of aromatic hydroxyl groups is 1. The number of phenolic OH excluding ortho intramolecular Hbond substituents is 1. The number of carbonyl (C=O) groups is 1. The standard InChI is InChI=1S/C14H11N3O6/c1-8-10(3-2-4-12(8)17(22)23)14(19)15-11-6-5-9(16(20)21)7-13(11)18/h2-7,18H,1H3,(H,15,19). The van der Waals surface area contributed by atoms with Crippen LogP contribution in [0, 0.1) is 27.2 Å². The summed E-state index contributed by atoms with van der Waals surface area (Å²) < 4.78 is 0. The van der Waals surface area contributed by atoms with E-state index in [1.54, 1.807) is 0 Å². The van der Waals surface area contributed by atoms with Crippen molar-refractivity contribution < 1.29 is 19.7 Å². The highest BCUT2D eigenvalue weighted by atomic mass is 16.6. The molecule has 9 nitrogen and oxygen atoms in total. The molecule has 9 heteroatoms. The molecule has 0 bridgehead atoms. The van der Waals surface area contributed by atoms with E-state index >= 15 is 0 Å². The van der Waals surface area contributed by atoms with Crippen LogP contribution >= 0.6 is 0 Å². The lowest BCUT2D eigenvalue weighted by Crippen LogP contribution is -2.14. The number of nitro benzene ring substituents is 2. The van der Waals surface area contributed by atoms with Gasteiger partial charge in [0.1, 0.15) is 5.75 Å². The maximum absolute atomic E-state index is 12.2. The Labute approximate surface area is 129 Å². The van der Waals surface area contributed by atoms with Gasteiger partial charge < -0.3 is 10.4 Å². The third-order valence-corrected chi connectivity index (χ3v) is 3.19. The third kappa shape index (κ3) is 3.23. The SMILES string of the molecule is Cc1c(C(=O)Nc2ccc([N+](=O)[O-])cc2O)cccc1[N+](=O)[O-]. The number of hydrogen-bond acceptors (Lipinski definition) is 6. The topological polar surface area (TPSA) is 136 Å². The zero-order chi connectivity index (χ0) is 17.1.